The molecule has 0 aromatic heterocycles. The average molecular weight is 289 g/mol. The van der Waals surface area contributed by atoms with E-state index >= 15 is 0 Å². The van der Waals surface area contributed by atoms with Gasteiger partial charge in [-0.3, -0.25) is 9.59 Å². The second kappa shape index (κ2) is 8.22. The van der Waals surface area contributed by atoms with Gasteiger partial charge in [0.15, 0.2) is 0 Å². The highest BCUT2D eigenvalue weighted by Crippen LogP contribution is 2.11. The molecule has 0 saturated carbocycles. The number of carbonyl (C=O) groups is 2. The Morgan fingerprint density at radius 3 is 2.57 bits per heavy atom. The number of nitriles is 1. The fraction of sp³-hybridized carbons (Fsp3) is 0.214. The molecule has 1 rings (SSSR count). The largest absolute Gasteiger partial charge is 0.497 e. The Hall–Kier alpha value is -3.01. The normalized spacial score (nSPS) is 10.4. The number of carbonyl (C=O) groups excluding carboxylic acids is 1. The van der Waals surface area contributed by atoms with Crippen molar-refractivity contribution in [3.63, 3.8) is 0 Å². The van der Waals surface area contributed by atoms with Crippen LogP contribution in [0.2, 0.25) is 0 Å². The van der Waals surface area contributed by atoms with Crippen molar-refractivity contribution < 1.29 is 19.4 Å². The summed E-state index contributed by atoms with van der Waals surface area (Å²) >= 11 is 0. The zero-order valence-corrected chi connectivity index (χ0v) is 11.4. The van der Waals surface area contributed by atoms with Crippen molar-refractivity contribution in [1.29, 1.82) is 5.26 Å². The molecule has 0 saturated heterocycles. The van der Waals surface area contributed by atoms with Crippen LogP contribution in [-0.2, 0) is 16.1 Å². The minimum Gasteiger partial charge on any atom is -0.497 e. The lowest BCUT2D eigenvalue weighted by Gasteiger charge is -2.06. The van der Waals surface area contributed by atoms with Gasteiger partial charge in [0.25, 0.3) is 5.91 Å². The highest BCUT2D eigenvalue weighted by molar-refractivity contribution is 5.97. The molecule has 0 unspecified atom stereocenters. The first-order chi connectivity index (χ1) is 10.1. The summed E-state index contributed by atoms with van der Waals surface area (Å²) < 4.78 is 5.02. The molecule has 1 aromatic carbocycles. The molecule has 7 nitrogen and oxygen atoms in total. The van der Waals surface area contributed by atoms with Crippen molar-refractivity contribution in [2.45, 2.75) is 6.54 Å². The number of ether oxygens (including phenoxy) is 1. The number of hydrogen-bond acceptors (Lipinski definition) is 5. The number of methoxy groups -OCH3 is 1. The van der Waals surface area contributed by atoms with Gasteiger partial charge in [0.05, 0.1) is 7.11 Å². The van der Waals surface area contributed by atoms with Crippen LogP contribution >= 0.6 is 0 Å². The minimum absolute atomic E-state index is 0.190. The van der Waals surface area contributed by atoms with Gasteiger partial charge >= 0.3 is 5.97 Å². The standard InChI is InChI=1S/C14H15N3O4/c1-21-12-4-2-10(3-5-12)7-17-14(20)11(6-15)8-16-9-13(18)19/h2-5,8,16H,7,9H2,1H3,(H,17,20)(H,18,19)/b11-8-. The lowest BCUT2D eigenvalue weighted by molar-refractivity contribution is -0.135. The summed E-state index contributed by atoms with van der Waals surface area (Å²) in [7, 11) is 1.56. The van der Waals surface area contributed by atoms with Crippen LogP contribution in [0.5, 0.6) is 5.75 Å². The van der Waals surface area contributed by atoms with Gasteiger partial charge in [-0.2, -0.15) is 5.26 Å². The van der Waals surface area contributed by atoms with E-state index in [9.17, 15) is 9.59 Å². The van der Waals surface area contributed by atoms with Crippen LogP contribution in [0, 0.1) is 11.3 Å². The number of amides is 1. The molecule has 0 bridgehead atoms. The second-order valence-electron chi connectivity index (χ2n) is 3.98. The molecular weight excluding hydrogens is 274 g/mol. The third kappa shape index (κ3) is 5.65. The van der Waals surface area contributed by atoms with Crippen LogP contribution in [-0.4, -0.2) is 30.6 Å². The van der Waals surface area contributed by atoms with Crippen molar-refractivity contribution in [1.82, 2.24) is 10.6 Å². The molecular formula is C14H15N3O4. The number of aliphatic carboxylic acids is 1. The lowest BCUT2D eigenvalue weighted by atomic mass is 10.2. The topological polar surface area (TPSA) is 111 Å². The van der Waals surface area contributed by atoms with Crippen LogP contribution in [0.1, 0.15) is 5.56 Å². The molecule has 0 atom stereocenters. The second-order valence-corrected chi connectivity index (χ2v) is 3.98. The van der Waals surface area contributed by atoms with Gasteiger partial charge < -0.3 is 20.5 Å². The summed E-state index contributed by atoms with van der Waals surface area (Å²) in [6, 6.07) is 8.80. The predicted octanol–water partition coefficient (Wildman–Crippen LogP) is 0.393. The summed E-state index contributed by atoms with van der Waals surface area (Å²) in [5.41, 5.74) is 0.657. The SMILES string of the molecule is COc1ccc(CNC(=O)/C(C#N)=C\NCC(=O)O)cc1. The van der Waals surface area contributed by atoms with E-state index in [0.717, 1.165) is 11.8 Å². The Kier molecular flexibility index (Phi) is 6.28. The lowest BCUT2D eigenvalue weighted by Crippen LogP contribution is -2.26. The van der Waals surface area contributed by atoms with Gasteiger partial charge in [0.2, 0.25) is 0 Å². The van der Waals surface area contributed by atoms with Crippen molar-refractivity contribution >= 4 is 11.9 Å². The number of rotatable bonds is 7. The van der Waals surface area contributed by atoms with Gasteiger partial charge in [0.1, 0.15) is 23.9 Å². The molecule has 0 spiro atoms. The number of nitrogens with one attached hydrogen (secondary N) is 2. The first kappa shape index (κ1) is 16.0. The summed E-state index contributed by atoms with van der Waals surface area (Å²) in [5.74, 6) is -0.950. The van der Waals surface area contributed by atoms with E-state index in [1.807, 2.05) is 0 Å². The molecule has 1 amide bonds. The summed E-state index contributed by atoms with van der Waals surface area (Å²) in [6.45, 7) is -0.113. The fourth-order valence-corrected chi connectivity index (χ4v) is 1.41. The highest BCUT2D eigenvalue weighted by Gasteiger charge is 2.08. The molecule has 0 fully saturated rings. The predicted molar refractivity (Wildman–Crippen MR) is 74.2 cm³/mol. The van der Waals surface area contributed by atoms with Crippen LogP contribution < -0.4 is 15.4 Å². The molecule has 7 heteroatoms. The van der Waals surface area contributed by atoms with E-state index in [1.54, 1.807) is 37.4 Å². The quantitative estimate of drug-likeness (QED) is 0.494. The molecule has 0 heterocycles. The Morgan fingerprint density at radius 2 is 2.05 bits per heavy atom. The molecule has 110 valence electrons. The minimum atomic E-state index is -1.08. The fourth-order valence-electron chi connectivity index (χ4n) is 1.41. The summed E-state index contributed by atoms with van der Waals surface area (Å²) in [6.07, 6.45) is 1.08. The maximum absolute atomic E-state index is 11.7. The molecule has 3 N–H and O–H groups in total. The summed E-state index contributed by atoms with van der Waals surface area (Å²) in [5, 5.41) is 22.2. The highest BCUT2D eigenvalue weighted by atomic mass is 16.5. The molecule has 1 aromatic rings. The van der Waals surface area contributed by atoms with E-state index in [1.165, 1.54) is 0 Å². The zero-order chi connectivity index (χ0) is 15.7. The summed E-state index contributed by atoms with van der Waals surface area (Å²) in [4.78, 5) is 22.0. The van der Waals surface area contributed by atoms with Gasteiger partial charge in [-0.15, -0.1) is 0 Å². The molecule has 0 aliphatic carbocycles. The monoisotopic (exact) mass is 289 g/mol. The number of carboxylic acid groups (broad SMARTS) is 1. The first-order valence-electron chi connectivity index (χ1n) is 6.03. The van der Waals surface area contributed by atoms with Crippen LogP contribution in [0.15, 0.2) is 36.0 Å². The van der Waals surface area contributed by atoms with Gasteiger partial charge in [0, 0.05) is 12.7 Å². The molecule has 0 aliphatic heterocycles. The third-order valence-electron chi connectivity index (χ3n) is 2.48. The maximum atomic E-state index is 11.7. The van der Waals surface area contributed by atoms with E-state index < -0.39 is 11.9 Å². The van der Waals surface area contributed by atoms with E-state index in [0.29, 0.717) is 5.75 Å². The Balaban J connectivity index is 2.54. The Morgan fingerprint density at radius 1 is 1.38 bits per heavy atom. The smallest absolute Gasteiger partial charge is 0.322 e. The van der Waals surface area contributed by atoms with E-state index in [2.05, 4.69) is 10.6 Å². The van der Waals surface area contributed by atoms with Crippen molar-refractivity contribution in [3.05, 3.63) is 41.6 Å². The number of hydrogen-bond donors (Lipinski definition) is 3. The Bertz CT molecular complexity index is 573. The average Bonchev–Trinajstić information content (AvgIpc) is 2.49. The zero-order valence-electron chi connectivity index (χ0n) is 11.4. The van der Waals surface area contributed by atoms with Crippen molar-refractivity contribution in [2.75, 3.05) is 13.7 Å². The first-order valence-corrected chi connectivity index (χ1v) is 6.03. The number of benzene rings is 1. The molecule has 0 aliphatic rings. The van der Waals surface area contributed by atoms with Gasteiger partial charge in [-0.05, 0) is 17.7 Å². The molecule has 0 radical (unpaired) electrons. The van der Waals surface area contributed by atoms with Crippen molar-refractivity contribution in [2.24, 2.45) is 0 Å². The van der Waals surface area contributed by atoms with Gasteiger partial charge in [-0.25, -0.2) is 0 Å². The third-order valence-corrected chi connectivity index (χ3v) is 2.48. The van der Waals surface area contributed by atoms with Crippen LogP contribution in [0.4, 0.5) is 0 Å². The van der Waals surface area contributed by atoms with Crippen molar-refractivity contribution in [3.8, 4) is 11.8 Å². The van der Waals surface area contributed by atoms with Gasteiger partial charge in [-0.1, -0.05) is 12.1 Å². The van der Waals surface area contributed by atoms with E-state index in [-0.39, 0.29) is 18.7 Å². The van der Waals surface area contributed by atoms with E-state index in [4.69, 9.17) is 15.1 Å². The maximum Gasteiger partial charge on any atom is 0.322 e. The number of nitrogens with zero attached hydrogens (tertiary/aromatic N) is 1. The number of carboxylic acids is 1. The van der Waals surface area contributed by atoms with Crippen LogP contribution in [0.3, 0.4) is 0 Å². The van der Waals surface area contributed by atoms with Crippen LogP contribution in [0.25, 0.3) is 0 Å². The molecule has 21 heavy (non-hydrogen) atoms. The Labute approximate surface area is 121 Å².